The number of unbranched alkanes of at least 4 members (excludes halogenated alkanes) is 3. The molecule has 2 aromatic carbocycles. The van der Waals surface area contributed by atoms with Gasteiger partial charge in [0.25, 0.3) is 0 Å². The maximum absolute atomic E-state index is 5.64. The van der Waals surface area contributed by atoms with E-state index in [1.165, 1.54) is 22.3 Å². The van der Waals surface area contributed by atoms with Crippen molar-refractivity contribution in [3.63, 3.8) is 0 Å². The zero-order valence-electron chi connectivity index (χ0n) is 22.8. The quantitative estimate of drug-likeness (QED) is 0.151. The van der Waals surface area contributed by atoms with Crippen LogP contribution in [0.3, 0.4) is 0 Å². The normalized spacial score (nSPS) is 11.1. The first kappa shape index (κ1) is 30.1. The zero-order valence-corrected chi connectivity index (χ0v) is 22.8. The van der Waals surface area contributed by atoms with Gasteiger partial charge in [-0.15, -0.1) is 0 Å². The number of hydrogen-bond acceptors (Lipinski definition) is 6. The maximum Gasteiger partial charge on any atom is 0.146 e. The minimum Gasteiger partial charge on any atom is -0.496 e. The average Bonchev–Trinajstić information content (AvgIpc) is 2.90. The minimum atomic E-state index is 0.369. The molecule has 0 aliphatic carbocycles. The van der Waals surface area contributed by atoms with Crippen molar-refractivity contribution in [2.24, 2.45) is 0 Å². The van der Waals surface area contributed by atoms with Crippen LogP contribution in [-0.4, -0.2) is 55.2 Å². The topological polar surface area (TPSA) is 55.4 Å². The van der Waals surface area contributed by atoms with Crippen LogP contribution >= 0.6 is 0 Å². The SMILES string of the molecule is COCOCCCCc1ccc(OC)c(CCCCc2cc(CCCCOCOC)ccc2OC)c1. The van der Waals surface area contributed by atoms with Crippen molar-refractivity contribution in [1.29, 1.82) is 0 Å². The molecular formula is C30H46O6. The lowest BCUT2D eigenvalue weighted by Gasteiger charge is -2.13. The molecule has 0 aliphatic rings. The summed E-state index contributed by atoms with van der Waals surface area (Å²) in [5.74, 6) is 1.97. The summed E-state index contributed by atoms with van der Waals surface area (Å²) in [6.45, 7) is 2.22. The molecule has 0 radical (unpaired) electrons. The molecular weight excluding hydrogens is 456 g/mol. The van der Waals surface area contributed by atoms with Crippen LogP contribution in [0.5, 0.6) is 11.5 Å². The fraction of sp³-hybridized carbons (Fsp3) is 0.600. The largest absolute Gasteiger partial charge is 0.496 e. The monoisotopic (exact) mass is 502 g/mol. The molecule has 0 unspecified atom stereocenters. The van der Waals surface area contributed by atoms with Crippen LogP contribution in [0.25, 0.3) is 0 Å². The van der Waals surface area contributed by atoms with Gasteiger partial charge in [0.05, 0.1) is 14.2 Å². The van der Waals surface area contributed by atoms with Crippen LogP contribution in [0.4, 0.5) is 0 Å². The highest BCUT2D eigenvalue weighted by Crippen LogP contribution is 2.26. The molecule has 0 heterocycles. The highest BCUT2D eigenvalue weighted by molar-refractivity contribution is 5.38. The van der Waals surface area contributed by atoms with Gasteiger partial charge in [0.1, 0.15) is 25.1 Å². The summed E-state index contributed by atoms with van der Waals surface area (Å²) in [7, 11) is 6.81. The molecule has 0 atom stereocenters. The number of ether oxygens (including phenoxy) is 6. The van der Waals surface area contributed by atoms with Crippen molar-refractivity contribution in [1.82, 2.24) is 0 Å². The Hall–Kier alpha value is -2.12. The molecule has 0 spiro atoms. The number of methoxy groups -OCH3 is 4. The smallest absolute Gasteiger partial charge is 0.146 e. The molecule has 0 N–H and O–H groups in total. The number of hydrogen-bond donors (Lipinski definition) is 0. The lowest BCUT2D eigenvalue weighted by molar-refractivity contribution is -0.0315. The van der Waals surface area contributed by atoms with Crippen LogP contribution in [0, 0.1) is 0 Å². The number of benzene rings is 2. The number of rotatable bonds is 21. The molecule has 202 valence electrons. The van der Waals surface area contributed by atoms with Crippen molar-refractivity contribution in [2.45, 2.75) is 64.2 Å². The van der Waals surface area contributed by atoms with E-state index in [0.717, 1.165) is 88.9 Å². The van der Waals surface area contributed by atoms with Gasteiger partial charge >= 0.3 is 0 Å². The van der Waals surface area contributed by atoms with E-state index in [9.17, 15) is 0 Å². The van der Waals surface area contributed by atoms with Crippen molar-refractivity contribution >= 4 is 0 Å². The summed E-state index contributed by atoms with van der Waals surface area (Å²) in [4.78, 5) is 0. The molecule has 0 saturated heterocycles. The Bertz CT molecular complexity index is 769. The predicted octanol–water partition coefficient (Wildman–Crippen LogP) is 6.16. The summed E-state index contributed by atoms with van der Waals surface area (Å²) in [6, 6.07) is 13.2. The first-order valence-electron chi connectivity index (χ1n) is 13.2. The molecule has 6 heteroatoms. The molecule has 0 saturated carbocycles. The highest BCUT2D eigenvalue weighted by atomic mass is 16.7. The first-order chi connectivity index (χ1) is 17.7. The van der Waals surface area contributed by atoms with Gasteiger partial charge < -0.3 is 28.4 Å². The van der Waals surface area contributed by atoms with E-state index in [2.05, 4.69) is 36.4 Å². The maximum atomic E-state index is 5.64. The summed E-state index contributed by atoms with van der Waals surface area (Å²) >= 11 is 0. The molecule has 2 aromatic rings. The molecule has 0 amide bonds. The second-order valence-corrected chi connectivity index (χ2v) is 9.04. The third-order valence-electron chi connectivity index (χ3n) is 6.24. The Morgan fingerprint density at radius 3 is 1.31 bits per heavy atom. The van der Waals surface area contributed by atoms with E-state index in [-0.39, 0.29) is 0 Å². The average molecular weight is 503 g/mol. The van der Waals surface area contributed by atoms with E-state index in [1.54, 1.807) is 28.4 Å². The van der Waals surface area contributed by atoms with Gasteiger partial charge in [-0.25, -0.2) is 0 Å². The molecule has 0 aliphatic heterocycles. The second kappa shape index (κ2) is 19.1. The van der Waals surface area contributed by atoms with Crippen molar-refractivity contribution in [3.8, 4) is 11.5 Å². The Morgan fingerprint density at radius 2 is 0.917 bits per heavy atom. The van der Waals surface area contributed by atoms with Gasteiger partial charge in [0, 0.05) is 27.4 Å². The molecule has 0 bridgehead atoms. The Labute approximate surface area is 218 Å². The standard InChI is InChI=1S/C30H46O6/c1-31-23-35-19-9-7-11-25-15-17-29(33-3)27(21-25)13-5-6-14-28-22-26(16-18-30(28)34-4)12-8-10-20-36-24-32-2/h15-18,21-22H,5-14,19-20,23-24H2,1-4H3. The highest BCUT2D eigenvalue weighted by Gasteiger charge is 2.08. The minimum absolute atomic E-state index is 0.369. The van der Waals surface area contributed by atoms with Crippen LogP contribution < -0.4 is 9.47 Å². The van der Waals surface area contributed by atoms with Crippen LogP contribution in [0.15, 0.2) is 36.4 Å². The Morgan fingerprint density at radius 1 is 0.500 bits per heavy atom. The van der Waals surface area contributed by atoms with Gasteiger partial charge in [-0.2, -0.15) is 0 Å². The van der Waals surface area contributed by atoms with Gasteiger partial charge in [-0.1, -0.05) is 24.3 Å². The lowest BCUT2D eigenvalue weighted by Crippen LogP contribution is -2.00. The van der Waals surface area contributed by atoms with E-state index >= 15 is 0 Å². The summed E-state index contributed by atoms with van der Waals surface area (Å²) in [5, 5.41) is 0. The van der Waals surface area contributed by atoms with E-state index in [1.807, 2.05) is 0 Å². The fourth-order valence-corrected chi connectivity index (χ4v) is 4.35. The van der Waals surface area contributed by atoms with Crippen molar-refractivity contribution < 1.29 is 28.4 Å². The van der Waals surface area contributed by atoms with E-state index < -0.39 is 0 Å². The van der Waals surface area contributed by atoms with Gasteiger partial charge in [0.15, 0.2) is 0 Å². The molecule has 6 nitrogen and oxygen atoms in total. The third kappa shape index (κ3) is 11.7. The van der Waals surface area contributed by atoms with Crippen LogP contribution in [0.2, 0.25) is 0 Å². The lowest BCUT2D eigenvalue weighted by atomic mass is 9.98. The predicted molar refractivity (Wildman–Crippen MR) is 144 cm³/mol. The third-order valence-corrected chi connectivity index (χ3v) is 6.24. The Balaban J connectivity index is 1.81. The zero-order chi connectivity index (χ0) is 25.8. The van der Waals surface area contributed by atoms with Crippen molar-refractivity contribution in [3.05, 3.63) is 58.7 Å². The van der Waals surface area contributed by atoms with Crippen molar-refractivity contribution in [2.75, 3.05) is 55.2 Å². The second-order valence-electron chi connectivity index (χ2n) is 9.04. The fourth-order valence-electron chi connectivity index (χ4n) is 4.35. The van der Waals surface area contributed by atoms with Gasteiger partial charge in [0.2, 0.25) is 0 Å². The van der Waals surface area contributed by atoms with E-state index in [0.29, 0.717) is 13.6 Å². The van der Waals surface area contributed by atoms with E-state index in [4.69, 9.17) is 28.4 Å². The first-order valence-corrected chi connectivity index (χ1v) is 13.2. The Kier molecular flexibility index (Phi) is 15.9. The van der Waals surface area contributed by atoms with Gasteiger partial charge in [-0.3, -0.25) is 0 Å². The molecule has 0 aromatic heterocycles. The van der Waals surface area contributed by atoms with Crippen LogP contribution in [0.1, 0.15) is 60.8 Å². The summed E-state index contributed by atoms with van der Waals surface area (Å²) in [5.41, 5.74) is 5.31. The van der Waals surface area contributed by atoms with Crippen LogP contribution in [-0.2, 0) is 44.6 Å². The van der Waals surface area contributed by atoms with Gasteiger partial charge in [-0.05, 0) is 98.6 Å². The molecule has 2 rings (SSSR count). The number of aryl methyl sites for hydroxylation is 4. The summed E-state index contributed by atoms with van der Waals surface area (Å²) in [6.07, 6.45) is 10.6. The summed E-state index contributed by atoms with van der Waals surface area (Å²) < 4.78 is 31.9. The molecule has 36 heavy (non-hydrogen) atoms. The molecule has 0 fully saturated rings.